The van der Waals surface area contributed by atoms with Crippen LogP contribution in [0.5, 0.6) is 0 Å². The molecule has 2 aromatic carbocycles. The SMILES string of the molecule is Nc1ncc(-c2cccc(F)c2)c([C@H]2CCCN(CC(=O)Nc3ccc(F)cc3)C2)n1. The van der Waals surface area contributed by atoms with Crippen molar-refractivity contribution in [1.29, 1.82) is 0 Å². The van der Waals surface area contributed by atoms with Crippen molar-refractivity contribution >= 4 is 17.5 Å². The molecule has 0 radical (unpaired) electrons. The van der Waals surface area contributed by atoms with Gasteiger partial charge in [-0.25, -0.2) is 18.7 Å². The maximum Gasteiger partial charge on any atom is 0.238 e. The lowest BCUT2D eigenvalue weighted by atomic mass is 9.90. The number of nitrogen functional groups attached to an aromatic ring is 1. The average molecular weight is 423 g/mol. The Morgan fingerprint density at radius 1 is 1.16 bits per heavy atom. The molecule has 3 N–H and O–H groups in total. The maximum atomic E-state index is 13.8. The van der Waals surface area contributed by atoms with Gasteiger partial charge in [0, 0.05) is 29.9 Å². The highest BCUT2D eigenvalue weighted by Crippen LogP contribution is 2.33. The molecule has 1 atom stereocenters. The number of nitrogens with zero attached hydrogens (tertiary/aromatic N) is 3. The lowest BCUT2D eigenvalue weighted by molar-refractivity contribution is -0.117. The van der Waals surface area contributed by atoms with E-state index in [0.29, 0.717) is 17.8 Å². The molecule has 6 nitrogen and oxygen atoms in total. The van der Waals surface area contributed by atoms with E-state index in [1.165, 1.54) is 36.4 Å². The highest BCUT2D eigenvalue weighted by atomic mass is 19.1. The van der Waals surface area contributed by atoms with Crippen molar-refractivity contribution in [2.75, 3.05) is 30.7 Å². The molecule has 0 unspecified atom stereocenters. The Morgan fingerprint density at radius 2 is 1.97 bits per heavy atom. The van der Waals surface area contributed by atoms with Crippen LogP contribution in [0.15, 0.2) is 54.7 Å². The molecule has 8 heteroatoms. The molecular formula is C23H23F2N5O. The fourth-order valence-corrected chi connectivity index (χ4v) is 3.96. The van der Waals surface area contributed by atoms with E-state index in [9.17, 15) is 13.6 Å². The van der Waals surface area contributed by atoms with Crippen molar-refractivity contribution in [3.8, 4) is 11.1 Å². The summed E-state index contributed by atoms with van der Waals surface area (Å²) in [6.07, 6.45) is 3.41. The third-order valence-corrected chi connectivity index (χ3v) is 5.36. The largest absolute Gasteiger partial charge is 0.368 e. The number of hydrogen-bond acceptors (Lipinski definition) is 5. The summed E-state index contributed by atoms with van der Waals surface area (Å²) in [5.74, 6) is -0.643. The lowest BCUT2D eigenvalue weighted by Gasteiger charge is -2.32. The van der Waals surface area contributed by atoms with Crippen LogP contribution in [0.4, 0.5) is 20.4 Å². The summed E-state index contributed by atoms with van der Waals surface area (Å²) in [6, 6.07) is 12.0. The van der Waals surface area contributed by atoms with E-state index in [0.717, 1.165) is 30.6 Å². The van der Waals surface area contributed by atoms with E-state index in [1.54, 1.807) is 12.3 Å². The zero-order valence-corrected chi connectivity index (χ0v) is 16.9. The molecule has 0 bridgehead atoms. The number of benzene rings is 2. The molecule has 1 saturated heterocycles. The second kappa shape index (κ2) is 9.18. The van der Waals surface area contributed by atoms with Crippen LogP contribution in [0.2, 0.25) is 0 Å². The van der Waals surface area contributed by atoms with Gasteiger partial charge in [0.2, 0.25) is 11.9 Å². The Morgan fingerprint density at radius 3 is 2.74 bits per heavy atom. The second-order valence-electron chi connectivity index (χ2n) is 7.67. The Kier molecular flexibility index (Phi) is 6.18. The molecule has 0 spiro atoms. The molecule has 3 aromatic rings. The number of rotatable bonds is 5. The predicted octanol–water partition coefficient (Wildman–Crippen LogP) is 3.82. The molecule has 31 heavy (non-hydrogen) atoms. The number of amides is 1. The van der Waals surface area contributed by atoms with Crippen molar-refractivity contribution in [2.24, 2.45) is 0 Å². The zero-order valence-electron chi connectivity index (χ0n) is 16.9. The first-order valence-corrected chi connectivity index (χ1v) is 10.1. The molecule has 1 aliphatic rings. The summed E-state index contributed by atoms with van der Waals surface area (Å²) in [6.45, 7) is 1.61. The van der Waals surface area contributed by atoms with E-state index in [2.05, 4.69) is 20.2 Å². The van der Waals surface area contributed by atoms with E-state index < -0.39 is 0 Å². The average Bonchev–Trinajstić information content (AvgIpc) is 2.75. The van der Waals surface area contributed by atoms with Gasteiger partial charge in [0.05, 0.1) is 12.2 Å². The first-order chi connectivity index (χ1) is 15.0. The number of nitrogens with one attached hydrogen (secondary N) is 1. The van der Waals surface area contributed by atoms with Crippen LogP contribution < -0.4 is 11.1 Å². The maximum absolute atomic E-state index is 13.8. The van der Waals surface area contributed by atoms with Gasteiger partial charge in [-0.15, -0.1) is 0 Å². The minimum atomic E-state index is -0.352. The molecule has 160 valence electrons. The molecule has 0 aliphatic carbocycles. The fraction of sp³-hybridized carbons (Fsp3) is 0.261. The van der Waals surface area contributed by atoms with Gasteiger partial charge in [0.15, 0.2) is 0 Å². The van der Waals surface area contributed by atoms with Crippen molar-refractivity contribution in [3.05, 3.63) is 72.1 Å². The van der Waals surface area contributed by atoms with Crippen LogP contribution in [0, 0.1) is 11.6 Å². The number of anilines is 2. The van der Waals surface area contributed by atoms with Gasteiger partial charge in [-0.3, -0.25) is 9.69 Å². The van der Waals surface area contributed by atoms with Gasteiger partial charge < -0.3 is 11.1 Å². The molecule has 2 heterocycles. The standard InChI is InChI=1S/C23H23F2N5O/c24-17-6-8-19(9-7-17)28-21(31)14-30-10-2-4-16(13-30)22-20(12-27-23(26)29-22)15-3-1-5-18(25)11-15/h1,3,5-9,11-12,16H,2,4,10,13-14H2,(H,28,31)(H2,26,27,29)/t16-/m0/s1. The molecule has 0 saturated carbocycles. The highest BCUT2D eigenvalue weighted by Gasteiger charge is 2.26. The summed E-state index contributed by atoms with van der Waals surface area (Å²) >= 11 is 0. The number of hydrogen-bond donors (Lipinski definition) is 2. The van der Waals surface area contributed by atoms with Crippen molar-refractivity contribution < 1.29 is 13.6 Å². The number of likely N-dealkylation sites (tertiary alicyclic amines) is 1. The fourth-order valence-electron chi connectivity index (χ4n) is 3.96. The van der Waals surface area contributed by atoms with Gasteiger partial charge in [0.25, 0.3) is 0 Å². The first-order valence-electron chi connectivity index (χ1n) is 10.1. The van der Waals surface area contributed by atoms with Gasteiger partial charge in [-0.1, -0.05) is 12.1 Å². The third kappa shape index (κ3) is 5.21. The molecule has 1 amide bonds. The minimum Gasteiger partial charge on any atom is -0.368 e. The van der Waals surface area contributed by atoms with Crippen LogP contribution in [0.3, 0.4) is 0 Å². The summed E-state index contributed by atoms with van der Waals surface area (Å²) in [5.41, 5.74) is 8.61. The van der Waals surface area contributed by atoms with Crippen LogP contribution in [0.1, 0.15) is 24.5 Å². The van der Waals surface area contributed by atoms with Gasteiger partial charge in [-0.05, 0) is 61.3 Å². The van der Waals surface area contributed by atoms with Gasteiger partial charge >= 0.3 is 0 Å². The van der Waals surface area contributed by atoms with E-state index >= 15 is 0 Å². The van der Waals surface area contributed by atoms with Crippen LogP contribution in [0.25, 0.3) is 11.1 Å². The van der Waals surface area contributed by atoms with Gasteiger partial charge in [0.1, 0.15) is 11.6 Å². The predicted molar refractivity (Wildman–Crippen MR) is 115 cm³/mol. The summed E-state index contributed by atoms with van der Waals surface area (Å²) in [7, 11) is 0. The Hall–Kier alpha value is -3.39. The van der Waals surface area contributed by atoms with Crippen molar-refractivity contribution in [2.45, 2.75) is 18.8 Å². The smallest absolute Gasteiger partial charge is 0.238 e. The Balaban J connectivity index is 1.49. The van der Waals surface area contributed by atoms with Crippen LogP contribution in [-0.4, -0.2) is 40.4 Å². The summed E-state index contributed by atoms with van der Waals surface area (Å²) in [4.78, 5) is 23.1. The number of carbonyl (C=O) groups is 1. The summed E-state index contributed by atoms with van der Waals surface area (Å²) < 4.78 is 26.8. The van der Waals surface area contributed by atoms with Crippen molar-refractivity contribution in [1.82, 2.24) is 14.9 Å². The minimum absolute atomic E-state index is 0.0379. The number of aromatic nitrogens is 2. The van der Waals surface area contributed by atoms with Crippen LogP contribution in [-0.2, 0) is 4.79 Å². The lowest BCUT2D eigenvalue weighted by Crippen LogP contribution is -2.40. The topological polar surface area (TPSA) is 84.1 Å². The van der Waals surface area contributed by atoms with E-state index in [4.69, 9.17) is 5.73 Å². The summed E-state index contributed by atoms with van der Waals surface area (Å²) in [5, 5.41) is 2.79. The quantitative estimate of drug-likeness (QED) is 0.652. The van der Waals surface area contributed by atoms with E-state index in [1.807, 2.05) is 6.07 Å². The number of halogens is 2. The molecule has 4 rings (SSSR count). The van der Waals surface area contributed by atoms with Gasteiger partial charge in [-0.2, -0.15) is 0 Å². The normalized spacial score (nSPS) is 16.8. The number of nitrogens with two attached hydrogens (primary N) is 1. The monoisotopic (exact) mass is 423 g/mol. The Labute approximate surface area is 179 Å². The molecular weight excluding hydrogens is 400 g/mol. The molecule has 1 aromatic heterocycles. The number of carbonyl (C=O) groups excluding carboxylic acids is 1. The van der Waals surface area contributed by atoms with Crippen LogP contribution >= 0.6 is 0 Å². The van der Waals surface area contributed by atoms with Crippen molar-refractivity contribution in [3.63, 3.8) is 0 Å². The third-order valence-electron chi connectivity index (χ3n) is 5.36. The highest BCUT2D eigenvalue weighted by molar-refractivity contribution is 5.92. The number of piperidine rings is 1. The molecule has 1 aliphatic heterocycles. The first kappa shape index (κ1) is 20.9. The second-order valence-corrected chi connectivity index (χ2v) is 7.67. The molecule has 1 fully saturated rings. The van der Waals surface area contributed by atoms with E-state index in [-0.39, 0.29) is 36.0 Å². The Bertz CT molecular complexity index is 1070. The zero-order chi connectivity index (χ0) is 21.8.